The van der Waals surface area contributed by atoms with Crippen LogP contribution in [0.4, 0.5) is 0 Å². The molecule has 0 saturated heterocycles. The zero-order chi connectivity index (χ0) is 25.9. The van der Waals surface area contributed by atoms with Gasteiger partial charge in [0.15, 0.2) is 0 Å². The Kier molecular flexibility index (Phi) is 8.27. The third-order valence-electron chi connectivity index (χ3n) is 11.1. The van der Waals surface area contributed by atoms with E-state index in [0.717, 1.165) is 47.9 Å². The predicted octanol–water partition coefficient (Wildman–Crippen LogP) is 7.15. The summed E-state index contributed by atoms with van der Waals surface area (Å²) < 4.78 is 0. The van der Waals surface area contributed by atoms with E-state index in [0.29, 0.717) is 35.4 Å². The minimum atomic E-state index is 0.412. The first-order valence-electron chi connectivity index (χ1n) is 15.7. The quantitative estimate of drug-likeness (QED) is 0.316. The third-order valence-corrected chi connectivity index (χ3v) is 11.1. The smallest absolute Gasteiger partial charge is 0.120 e. The number of fused-ring (bicyclic) bond motifs is 2. The van der Waals surface area contributed by atoms with Crippen molar-refractivity contribution < 1.29 is 10.2 Å². The van der Waals surface area contributed by atoms with Gasteiger partial charge < -0.3 is 20.8 Å². The van der Waals surface area contributed by atoms with Gasteiger partial charge in [0.25, 0.3) is 0 Å². The number of para-hydroxylation sites is 2. The Morgan fingerprint density at radius 1 is 0.526 bits per heavy atom. The van der Waals surface area contributed by atoms with Crippen molar-refractivity contribution in [3.05, 3.63) is 59.7 Å². The molecule has 4 nitrogen and oxygen atoms in total. The monoisotopic (exact) mass is 516 g/mol. The average molecular weight is 517 g/mol. The summed E-state index contributed by atoms with van der Waals surface area (Å²) in [4.78, 5) is 0. The molecule has 4 heteroatoms. The first kappa shape index (κ1) is 26.2. The molecule has 7 unspecified atom stereocenters. The van der Waals surface area contributed by atoms with Crippen LogP contribution in [0.25, 0.3) is 0 Å². The molecule has 8 atom stereocenters. The molecule has 0 aromatic heterocycles. The van der Waals surface area contributed by atoms with E-state index in [2.05, 4.69) is 22.8 Å². The molecule has 0 amide bonds. The van der Waals surface area contributed by atoms with E-state index >= 15 is 0 Å². The molecular weight excluding hydrogens is 468 g/mol. The van der Waals surface area contributed by atoms with Gasteiger partial charge in [-0.15, -0.1) is 0 Å². The minimum absolute atomic E-state index is 0.412. The maximum atomic E-state index is 10.5. The van der Waals surface area contributed by atoms with E-state index in [4.69, 9.17) is 0 Å². The molecule has 38 heavy (non-hydrogen) atoms. The van der Waals surface area contributed by atoms with Gasteiger partial charge in [0, 0.05) is 36.3 Å². The molecule has 4 aliphatic rings. The number of hydrogen-bond donors (Lipinski definition) is 4. The Balaban J connectivity index is 1.29. The fourth-order valence-electron chi connectivity index (χ4n) is 9.36. The number of phenols is 2. The van der Waals surface area contributed by atoms with Crippen molar-refractivity contribution in [2.24, 2.45) is 35.5 Å². The lowest BCUT2D eigenvalue weighted by Crippen LogP contribution is -2.58. The summed E-state index contributed by atoms with van der Waals surface area (Å²) >= 11 is 0. The summed E-state index contributed by atoms with van der Waals surface area (Å²) in [7, 11) is 0. The topological polar surface area (TPSA) is 64.5 Å². The minimum Gasteiger partial charge on any atom is -0.508 e. The molecule has 0 heterocycles. The summed E-state index contributed by atoms with van der Waals surface area (Å²) in [6, 6.07) is 16.7. The zero-order valence-electron chi connectivity index (χ0n) is 23.0. The van der Waals surface area contributed by atoms with Crippen LogP contribution in [0.2, 0.25) is 0 Å². The van der Waals surface area contributed by atoms with E-state index in [9.17, 15) is 10.2 Å². The highest BCUT2D eigenvalue weighted by Crippen LogP contribution is 2.54. The van der Waals surface area contributed by atoms with Crippen molar-refractivity contribution in [3.63, 3.8) is 0 Å². The van der Waals surface area contributed by atoms with Crippen molar-refractivity contribution in [1.82, 2.24) is 10.6 Å². The summed E-state index contributed by atoms with van der Waals surface area (Å²) in [5.41, 5.74) is 2.04. The van der Waals surface area contributed by atoms with Crippen LogP contribution in [0.1, 0.15) is 88.2 Å². The number of nitrogens with one attached hydrogen (secondary N) is 2. The lowest BCUT2D eigenvalue weighted by Gasteiger charge is -2.56. The Hall–Kier alpha value is -2.04. The van der Waals surface area contributed by atoms with Crippen LogP contribution >= 0.6 is 0 Å². The molecule has 6 rings (SSSR count). The summed E-state index contributed by atoms with van der Waals surface area (Å²) in [5, 5.41) is 29.0. The Morgan fingerprint density at radius 2 is 0.947 bits per heavy atom. The van der Waals surface area contributed by atoms with Gasteiger partial charge in [0.1, 0.15) is 11.5 Å². The number of aromatic hydroxyl groups is 2. The summed E-state index contributed by atoms with van der Waals surface area (Å²) in [6.45, 7) is 1.50. The highest BCUT2D eigenvalue weighted by molar-refractivity contribution is 5.32. The molecule has 0 aliphatic heterocycles. The SMILES string of the molecule is Oc1ccccc1CNC1CCC2CCCCC2C1C1C2CCCCC2CC[C@@H]1NCc1ccccc1O. The van der Waals surface area contributed by atoms with E-state index in [-0.39, 0.29) is 0 Å². The molecule has 4 N–H and O–H groups in total. The Labute approximate surface area is 229 Å². The standard InChI is InChI=1S/C34H48N2O2/c37-31-15-7-3-11-25(31)21-35-29-19-17-23-9-1-5-13-27(23)33(29)34-28-14-6-2-10-24(28)18-20-30(34)36-22-26-12-4-8-16-32(26)38/h3-4,7-8,11-12,15-16,23-24,27-30,33-38H,1-2,5-6,9-10,13-14,17-22H2/t23?,24?,27?,28?,29-,30?,33?,34?/m0/s1. The van der Waals surface area contributed by atoms with Crippen LogP contribution in [0.15, 0.2) is 48.5 Å². The molecule has 4 saturated carbocycles. The predicted molar refractivity (Wildman–Crippen MR) is 154 cm³/mol. The second kappa shape index (κ2) is 12.0. The first-order chi connectivity index (χ1) is 18.7. The van der Waals surface area contributed by atoms with E-state index < -0.39 is 0 Å². The average Bonchev–Trinajstić information content (AvgIpc) is 2.96. The van der Waals surface area contributed by atoms with Crippen LogP contribution < -0.4 is 10.6 Å². The van der Waals surface area contributed by atoms with Gasteiger partial charge in [0.05, 0.1) is 0 Å². The highest BCUT2D eigenvalue weighted by Gasteiger charge is 2.51. The van der Waals surface area contributed by atoms with Gasteiger partial charge in [-0.2, -0.15) is 0 Å². The summed E-state index contributed by atoms with van der Waals surface area (Å²) in [5.74, 6) is 5.61. The van der Waals surface area contributed by atoms with Crippen molar-refractivity contribution in [1.29, 1.82) is 0 Å². The maximum Gasteiger partial charge on any atom is 0.120 e. The van der Waals surface area contributed by atoms with Gasteiger partial charge in [-0.3, -0.25) is 0 Å². The Bertz CT molecular complexity index is 973. The van der Waals surface area contributed by atoms with Crippen molar-refractivity contribution in [2.75, 3.05) is 0 Å². The van der Waals surface area contributed by atoms with Crippen molar-refractivity contribution in [2.45, 2.75) is 102 Å². The highest BCUT2D eigenvalue weighted by atomic mass is 16.3. The third kappa shape index (κ3) is 5.49. The van der Waals surface area contributed by atoms with Crippen LogP contribution in [-0.4, -0.2) is 22.3 Å². The fourth-order valence-corrected chi connectivity index (χ4v) is 9.36. The van der Waals surface area contributed by atoms with E-state index in [1.165, 1.54) is 77.0 Å². The van der Waals surface area contributed by atoms with Gasteiger partial charge in [-0.25, -0.2) is 0 Å². The number of phenolic OH excluding ortho intramolecular Hbond substituents is 2. The molecule has 2 aromatic rings. The van der Waals surface area contributed by atoms with Gasteiger partial charge >= 0.3 is 0 Å². The van der Waals surface area contributed by atoms with Crippen LogP contribution in [-0.2, 0) is 13.1 Å². The van der Waals surface area contributed by atoms with Crippen LogP contribution in [0, 0.1) is 35.5 Å². The number of rotatable bonds is 7. The second-order valence-electron chi connectivity index (χ2n) is 13.0. The number of benzene rings is 2. The molecule has 2 aromatic carbocycles. The second-order valence-corrected chi connectivity index (χ2v) is 13.0. The molecule has 0 radical (unpaired) electrons. The molecule has 0 spiro atoms. The number of hydrogen-bond acceptors (Lipinski definition) is 4. The lowest BCUT2D eigenvalue weighted by atomic mass is 9.52. The molecule has 4 aliphatic carbocycles. The lowest BCUT2D eigenvalue weighted by molar-refractivity contribution is -0.0442. The largest absolute Gasteiger partial charge is 0.508 e. The zero-order valence-corrected chi connectivity index (χ0v) is 23.0. The first-order valence-corrected chi connectivity index (χ1v) is 15.7. The van der Waals surface area contributed by atoms with E-state index in [1.54, 1.807) is 0 Å². The van der Waals surface area contributed by atoms with Gasteiger partial charge in [-0.1, -0.05) is 74.9 Å². The van der Waals surface area contributed by atoms with Crippen LogP contribution in [0.3, 0.4) is 0 Å². The molecule has 0 bridgehead atoms. The molecule has 4 fully saturated rings. The Morgan fingerprint density at radius 3 is 1.39 bits per heavy atom. The summed E-state index contributed by atoms with van der Waals surface area (Å²) in [6.07, 6.45) is 16.5. The maximum absolute atomic E-state index is 10.5. The van der Waals surface area contributed by atoms with Crippen molar-refractivity contribution in [3.8, 4) is 11.5 Å². The normalized spacial score (nSPS) is 35.3. The fraction of sp³-hybridized carbons (Fsp3) is 0.647. The van der Waals surface area contributed by atoms with Crippen molar-refractivity contribution >= 4 is 0 Å². The molecular formula is C34H48N2O2. The van der Waals surface area contributed by atoms with Gasteiger partial charge in [-0.05, 0) is 86.2 Å². The molecule has 206 valence electrons. The van der Waals surface area contributed by atoms with Crippen LogP contribution in [0.5, 0.6) is 11.5 Å². The van der Waals surface area contributed by atoms with E-state index in [1.807, 2.05) is 36.4 Å². The van der Waals surface area contributed by atoms with Gasteiger partial charge in [0.2, 0.25) is 0 Å².